The Morgan fingerprint density at radius 1 is 0.758 bits per heavy atom. The standard InChI is InChI=1S/C29H33NO3/c31-28-24-16-18-27(32-19-21-9-3-1-4-10-21)29(33-20-22-11-5-2-6-12-22)25(24)15-17-26(28)30-23-13-7-8-14-23/h1-6,9-12,16,18,23,26,28,30-31H,7-8,13-15,17,19-20H2/t26-,28-/m1/s1. The molecular formula is C29H33NO3. The molecule has 2 atom stereocenters. The van der Waals surface area contributed by atoms with Crippen molar-refractivity contribution < 1.29 is 14.6 Å². The monoisotopic (exact) mass is 443 g/mol. The first kappa shape index (κ1) is 22.0. The number of hydrogen-bond acceptors (Lipinski definition) is 4. The van der Waals surface area contributed by atoms with Crippen LogP contribution in [0.1, 0.15) is 60.5 Å². The molecule has 0 heterocycles. The summed E-state index contributed by atoms with van der Waals surface area (Å²) in [4.78, 5) is 0. The van der Waals surface area contributed by atoms with Crippen molar-refractivity contribution in [2.24, 2.45) is 0 Å². The Morgan fingerprint density at radius 2 is 1.39 bits per heavy atom. The Hall–Kier alpha value is -2.82. The molecule has 0 aromatic heterocycles. The van der Waals surface area contributed by atoms with Crippen LogP contribution in [0.15, 0.2) is 72.8 Å². The van der Waals surface area contributed by atoms with Crippen LogP contribution in [-0.2, 0) is 19.6 Å². The Bertz CT molecular complexity index is 1030. The number of hydrogen-bond donors (Lipinski definition) is 2. The highest BCUT2D eigenvalue weighted by molar-refractivity contribution is 5.53. The molecule has 1 fully saturated rings. The van der Waals surface area contributed by atoms with E-state index in [9.17, 15) is 5.11 Å². The highest BCUT2D eigenvalue weighted by Crippen LogP contribution is 2.42. The molecule has 4 heteroatoms. The lowest BCUT2D eigenvalue weighted by Crippen LogP contribution is -2.43. The largest absolute Gasteiger partial charge is 0.485 e. The number of fused-ring (bicyclic) bond motifs is 1. The highest BCUT2D eigenvalue weighted by atomic mass is 16.5. The Labute approximate surface area is 196 Å². The molecular weight excluding hydrogens is 410 g/mol. The fourth-order valence-corrected chi connectivity index (χ4v) is 5.14. The van der Waals surface area contributed by atoms with Crippen LogP contribution in [0.3, 0.4) is 0 Å². The molecule has 2 aliphatic carbocycles. The van der Waals surface area contributed by atoms with Crippen molar-refractivity contribution in [3.8, 4) is 11.5 Å². The molecule has 5 rings (SSSR count). The zero-order chi connectivity index (χ0) is 22.5. The van der Waals surface area contributed by atoms with Crippen LogP contribution in [0, 0.1) is 0 Å². The predicted molar refractivity (Wildman–Crippen MR) is 130 cm³/mol. The lowest BCUT2D eigenvalue weighted by atomic mass is 9.84. The van der Waals surface area contributed by atoms with Gasteiger partial charge in [0, 0.05) is 17.6 Å². The predicted octanol–water partition coefficient (Wildman–Crippen LogP) is 5.73. The minimum absolute atomic E-state index is 0.0960. The molecule has 0 unspecified atom stereocenters. The zero-order valence-electron chi connectivity index (χ0n) is 19.1. The van der Waals surface area contributed by atoms with Gasteiger partial charge >= 0.3 is 0 Å². The molecule has 0 amide bonds. The second kappa shape index (κ2) is 10.4. The zero-order valence-corrected chi connectivity index (χ0v) is 19.1. The average molecular weight is 444 g/mol. The van der Waals surface area contributed by atoms with Crippen LogP contribution in [0.4, 0.5) is 0 Å². The van der Waals surface area contributed by atoms with Gasteiger partial charge < -0.3 is 19.9 Å². The van der Waals surface area contributed by atoms with Gasteiger partial charge in [-0.05, 0) is 48.4 Å². The number of aliphatic hydroxyl groups excluding tert-OH is 1. The summed E-state index contributed by atoms with van der Waals surface area (Å²) in [7, 11) is 0. The molecule has 0 radical (unpaired) electrons. The van der Waals surface area contributed by atoms with Crippen LogP contribution in [0.25, 0.3) is 0 Å². The van der Waals surface area contributed by atoms with Gasteiger partial charge in [-0.25, -0.2) is 0 Å². The lowest BCUT2D eigenvalue weighted by Gasteiger charge is -2.34. The highest BCUT2D eigenvalue weighted by Gasteiger charge is 2.33. The third-order valence-corrected chi connectivity index (χ3v) is 6.93. The van der Waals surface area contributed by atoms with Gasteiger partial charge in [0.2, 0.25) is 0 Å². The Kier molecular flexibility index (Phi) is 6.94. The van der Waals surface area contributed by atoms with Crippen molar-refractivity contribution in [1.29, 1.82) is 0 Å². The second-order valence-electron chi connectivity index (χ2n) is 9.25. The third kappa shape index (κ3) is 5.23. The van der Waals surface area contributed by atoms with Gasteiger partial charge in [0.25, 0.3) is 0 Å². The summed E-state index contributed by atoms with van der Waals surface area (Å²) in [6.07, 6.45) is 6.24. The number of ether oxygens (including phenoxy) is 2. The maximum atomic E-state index is 11.2. The summed E-state index contributed by atoms with van der Waals surface area (Å²) in [5.74, 6) is 1.51. The van der Waals surface area contributed by atoms with E-state index in [0.717, 1.165) is 46.6 Å². The fourth-order valence-electron chi connectivity index (χ4n) is 5.14. The number of nitrogens with one attached hydrogen (secondary N) is 1. The van der Waals surface area contributed by atoms with Crippen molar-refractivity contribution in [1.82, 2.24) is 5.32 Å². The van der Waals surface area contributed by atoms with Crippen LogP contribution in [0.2, 0.25) is 0 Å². The average Bonchev–Trinajstić information content (AvgIpc) is 3.38. The summed E-state index contributed by atoms with van der Waals surface area (Å²) in [5.41, 5.74) is 4.27. The van der Waals surface area contributed by atoms with Crippen molar-refractivity contribution in [3.05, 3.63) is 95.1 Å². The van der Waals surface area contributed by atoms with Gasteiger partial charge in [-0.1, -0.05) is 79.6 Å². The Morgan fingerprint density at radius 3 is 2.06 bits per heavy atom. The van der Waals surface area contributed by atoms with E-state index in [1.54, 1.807) is 0 Å². The van der Waals surface area contributed by atoms with E-state index in [-0.39, 0.29) is 6.04 Å². The molecule has 0 spiro atoms. The van der Waals surface area contributed by atoms with Gasteiger partial charge in [-0.15, -0.1) is 0 Å². The van der Waals surface area contributed by atoms with Gasteiger partial charge in [0.15, 0.2) is 11.5 Å². The molecule has 1 saturated carbocycles. The summed E-state index contributed by atoms with van der Waals surface area (Å²) in [6, 6.07) is 25.0. The number of aliphatic hydroxyl groups is 1. The summed E-state index contributed by atoms with van der Waals surface area (Å²) >= 11 is 0. The molecule has 3 aromatic rings. The quantitative estimate of drug-likeness (QED) is 0.467. The minimum atomic E-state index is -0.531. The van der Waals surface area contributed by atoms with Gasteiger partial charge in [-0.2, -0.15) is 0 Å². The minimum Gasteiger partial charge on any atom is -0.485 e. The van der Waals surface area contributed by atoms with Gasteiger partial charge in [0.05, 0.1) is 6.10 Å². The van der Waals surface area contributed by atoms with Gasteiger partial charge in [0.1, 0.15) is 13.2 Å². The van der Waals surface area contributed by atoms with E-state index in [1.807, 2.05) is 48.5 Å². The molecule has 4 nitrogen and oxygen atoms in total. The maximum Gasteiger partial charge on any atom is 0.165 e. The van der Waals surface area contributed by atoms with Crippen LogP contribution in [0.5, 0.6) is 11.5 Å². The molecule has 2 N–H and O–H groups in total. The molecule has 0 saturated heterocycles. The van der Waals surface area contributed by atoms with Gasteiger partial charge in [-0.3, -0.25) is 0 Å². The fraction of sp³-hybridized carbons (Fsp3) is 0.379. The topological polar surface area (TPSA) is 50.7 Å². The van der Waals surface area contributed by atoms with Crippen LogP contribution >= 0.6 is 0 Å². The molecule has 172 valence electrons. The lowest BCUT2D eigenvalue weighted by molar-refractivity contribution is 0.107. The smallest absolute Gasteiger partial charge is 0.165 e. The first-order valence-electron chi connectivity index (χ1n) is 12.2. The first-order chi connectivity index (χ1) is 16.3. The van der Waals surface area contributed by atoms with Crippen LogP contribution < -0.4 is 14.8 Å². The van der Waals surface area contributed by atoms with Crippen molar-refractivity contribution >= 4 is 0 Å². The van der Waals surface area contributed by atoms with E-state index in [1.165, 1.54) is 25.7 Å². The third-order valence-electron chi connectivity index (χ3n) is 6.93. The second-order valence-corrected chi connectivity index (χ2v) is 9.25. The molecule has 2 aliphatic rings. The number of rotatable bonds is 8. The first-order valence-corrected chi connectivity index (χ1v) is 12.2. The molecule has 0 bridgehead atoms. The van der Waals surface area contributed by atoms with Crippen LogP contribution in [-0.4, -0.2) is 17.2 Å². The molecule has 3 aromatic carbocycles. The van der Waals surface area contributed by atoms with E-state index < -0.39 is 6.10 Å². The molecule has 33 heavy (non-hydrogen) atoms. The summed E-state index contributed by atoms with van der Waals surface area (Å²) in [6.45, 7) is 0.953. The van der Waals surface area contributed by atoms with E-state index >= 15 is 0 Å². The van der Waals surface area contributed by atoms with Crippen molar-refractivity contribution in [3.63, 3.8) is 0 Å². The summed E-state index contributed by atoms with van der Waals surface area (Å²) in [5, 5.41) is 15.0. The number of benzene rings is 3. The van der Waals surface area contributed by atoms with Crippen molar-refractivity contribution in [2.75, 3.05) is 0 Å². The maximum absolute atomic E-state index is 11.2. The Balaban J connectivity index is 1.39. The normalized spacial score (nSPS) is 20.4. The van der Waals surface area contributed by atoms with E-state index in [4.69, 9.17) is 9.47 Å². The SMILES string of the molecule is O[C@@H]1c2ccc(OCc3ccccc3)c(OCc3ccccc3)c2CC[C@H]1NC1CCCC1. The van der Waals surface area contributed by atoms with E-state index in [2.05, 4.69) is 29.6 Å². The summed E-state index contributed by atoms with van der Waals surface area (Å²) < 4.78 is 12.6. The van der Waals surface area contributed by atoms with Crippen molar-refractivity contribution in [2.45, 2.75) is 69.9 Å². The van der Waals surface area contributed by atoms with E-state index in [0.29, 0.717) is 19.3 Å². The molecule has 0 aliphatic heterocycles.